The van der Waals surface area contributed by atoms with Crippen molar-refractivity contribution >= 4 is 5.91 Å². The van der Waals surface area contributed by atoms with Gasteiger partial charge in [-0.05, 0) is 18.9 Å². The first-order chi connectivity index (χ1) is 8.50. The summed E-state index contributed by atoms with van der Waals surface area (Å²) < 4.78 is 0. The molecule has 0 spiro atoms. The van der Waals surface area contributed by atoms with Crippen LogP contribution in [0.25, 0.3) is 0 Å². The van der Waals surface area contributed by atoms with Crippen LogP contribution in [0.15, 0.2) is 24.3 Å². The summed E-state index contributed by atoms with van der Waals surface area (Å²) >= 11 is 0. The molecule has 4 nitrogen and oxygen atoms in total. The van der Waals surface area contributed by atoms with Crippen LogP contribution in [0.5, 0.6) is 5.75 Å². The van der Waals surface area contributed by atoms with Crippen molar-refractivity contribution in [1.82, 2.24) is 10.6 Å². The molecule has 0 saturated carbocycles. The Balaban J connectivity index is 2.39. The molecule has 0 radical (unpaired) electrons. The molecule has 0 heterocycles. The number of hydrogen-bond acceptors (Lipinski definition) is 3. The highest BCUT2D eigenvalue weighted by atomic mass is 16.3. The van der Waals surface area contributed by atoms with Crippen LogP contribution in [-0.2, 0) is 11.3 Å². The number of rotatable bonds is 6. The first kappa shape index (κ1) is 14.5. The number of nitrogens with one attached hydrogen (secondary N) is 2. The van der Waals surface area contributed by atoms with Crippen molar-refractivity contribution < 1.29 is 9.90 Å². The monoisotopic (exact) mass is 250 g/mol. The van der Waals surface area contributed by atoms with Gasteiger partial charge in [0.25, 0.3) is 0 Å². The second kappa shape index (κ2) is 7.01. The van der Waals surface area contributed by atoms with Crippen LogP contribution < -0.4 is 10.6 Å². The van der Waals surface area contributed by atoms with Crippen molar-refractivity contribution in [1.29, 1.82) is 0 Å². The predicted octanol–water partition coefficient (Wildman–Crippen LogP) is 1.64. The fourth-order valence-corrected chi connectivity index (χ4v) is 1.47. The van der Waals surface area contributed by atoms with E-state index in [4.69, 9.17) is 0 Å². The number of amides is 1. The molecule has 0 bridgehead atoms. The van der Waals surface area contributed by atoms with Crippen LogP contribution in [0.3, 0.4) is 0 Å². The van der Waals surface area contributed by atoms with E-state index in [9.17, 15) is 9.90 Å². The molecule has 0 aliphatic rings. The molecular formula is C14H22N2O2. The summed E-state index contributed by atoms with van der Waals surface area (Å²) in [5.74, 6) is 0.679. The standard InChI is InChI=1S/C14H22N2O2/c1-10(2)8-16-14(18)11(3)15-9-12-6-4-5-7-13(12)17/h4-7,10-11,15,17H,8-9H2,1-3H3,(H,16,18). The van der Waals surface area contributed by atoms with Crippen molar-refractivity contribution in [2.75, 3.05) is 6.54 Å². The van der Waals surface area contributed by atoms with E-state index < -0.39 is 0 Å². The van der Waals surface area contributed by atoms with Gasteiger partial charge < -0.3 is 15.7 Å². The molecule has 1 unspecified atom stereocenters. The van der Waals surface area contributed by atoms with Crippen LogP contribution in [0.2, 0.25) is 0 Å². The van der Waals surface area contributed by atoms with Crippen molar-refractivity contribution in [3.8, 4) is 5.75 Å². The molecule has 1 atom stereocenters. The molecule has 0 aromatic heterocycles. The number of carbonyl (C=O) groups is 1. The van der Waals surface area contributed by atoms with Crippen molar-refractivity contribution in [2.45, 2.75) is 33.4 Å². The van der Waals surface area contributed by atoms with Gasteiger partial charge in [0, 0.05) is 18.7 Å². The first-order valence-corrected chi connectivity index (χ1v) is 6.28. The van der Waals surface area contributed by atoms with Gasteiger partial charge in [0.15, 0.2) is 0 Å². The molecule has 1 aromatic carbocycles. The minimum Gasteiger partial charge on any atom is -0.508 e. The summed E-state index contributed by atoms with van der Waals surface area (Å²) in [6.07, 6.45) is 0. The summed E-state index contributed by atoms with van der Waals surface area (Å²) in [5.41, 5.74) is 0.793. The average Bonchev–Trinajstić information content (AvgIpc) is 2.34. The van der Waals surface area contributed by atoms with Gasteiger partial charge in [-0.2, -0.15) is 0 Å². The van der Waals surface area contributed by atoms with E-state index in [1.54, 1.807) is 12.1 Å². The lowest BCUT2D eigenvalue weighted by Crippen LogP contribution is -2.42. The number of phenolic OH excluding ortho intramolecular Hbond substituents is 1. The Bertz CT molecular complexity index is 391. The topological polar surface area (TPSA) is 61.4 Å². The Kier molecular flexibility index (Phi) is 5.65. The number of aromatic hydroxyl groups is 1. The normalized spacial score (nSPS) is 12.4. The van der Waals surface area contributed by atoms with E-state index >= 15 is 0 Å². The van der Waals surface area contributed by atoms with Gasteiger partial charge in [0.1, 0.15) is 5.75 Å². The minimum absolute atomic E-state index is 0.0147. The third-order valence-corrected chi connectivity index (χ3v) is 2.67. The van der Waals surface area contributed by atoms with Crippen LogP contribution >= 0.6 is 0 Å². The maximum Gasteiger partial charge on any atom is 0.236 e. The van der Waals surface area contributed by atoms with Gasteiger partial charge in [-0.15, -0.1) is 0 Å². The Labute approximate surface area is 108 Å². The van der Waals surface area contributed by atoms with Crippen LogP contribution in [0, 0.1) is 5.92 Å². The number of hydrogen-bond donors (Lipinski definition) is 3. The highest BCUT2D eigenvalue weighted by Crippen LogP contribution is 2.14. The second-order valence-electron chi connectivity index (χ2n) is 4.87. The Hall–Kier alpha value is -1.55. The van der Waals surface area contributed by atoms with E-state index in [0.29, 0.717) is 19.0 Å². The molecule has 1 aromatic rings. The third-order valence-electron chi connectivity index (χ3n) is 2.67. The zero-order valence-corrected chi connectivity index (χ0v) is 11.2. The molecular weight excluding hydrogens is 228 g/mol. The van der Waals surface area contributed by atoms with E-state index in [1.165, 1.54) is 0 Å². The summed E-state index contributed by atoms with van der Waals surface area (Å²) in [7, 11) is 0. The lowest BCUT2D eigenvalue weighted by molar-refractivity contribution is -0.122. The van der Waals surface area contributed by atoms with E-state index in [2.05, 4.69) is 24.5 Å². The van der Waals surface area contributed by atoms with Gasteiger partial charge in [0.2, 0.25) is 5.91 Å². The zero-order valence-electron chi connectivity index (χ0n) is 11.2. The molecule has 0 fully saturated rings. The van der Waals surface area contributed by atoms with E-state index in [-0.39, 0.29) is 17.7 Å². The lowest BCUT2D eigenvalue weighted by atomic mass is 10.2. The maximum atomic E-state index is 11.7. The van der Waals surface area contributed by atoms with Crippen molar-refractivity contribution in [3.05, 3.63) is 29.8 Å². The Morgan fingerprint density at radius 2 is 1.94 bits per heavy atom. The molecule has 3 N–H and O–H groups in total. The highest BCUT2D eigenvalue weighted by Gasteiger charge is 2.12. The van der Waals surface area contributed by atoms with Gasteiger partial charge in [-0.3, -0.25) is 4.79 Å². The molecule has 0 saturated heterocycles. The Morgan fingerprint density at radius 3 is 2.56 bits per heavy atom. The molecule has 1 rings (SSSR count). The number of carbonyl (C=O) groups excluding carboxylic acids is 1. The average molecular weight is 250 g/mol. The number of benzene rings is 1. The molecule has 1 amide bonds. The zero-order chi connectivity index (χ0) is 13.5. The molecule has 0 aliphatic heterocycles. The molecule has 100 valence electrons. The lowest BCUT2D eigenvalue weighted by Gasteiger charge is -2.15. The highest BCUT2D eigenvalue weighted by molar-refractivity contribution is 5.81. The minimum atomic E-state index is -0.275. The van der Waals surface area contributed by atoms with E-state index in [1.807, 2.05) is 19.1 Å². The largest absolute Gasteiger partial charge is 0.508 e. The number of phenols is 1. The second-order valence-corrected chi connectivity index (χ2v) is 4.87. The number of para-hydroxylation sites is 1. The van der Waals surface area contributed by atoms with Crippen LogP contribution in [0.4, 0.5) is 0 Å². The van der Waals surface area contributed by atoms with E-state index in [0.717, 1.165) is 5.56 Å². The van der Waals surface area contributed by atoms with Crippen LogP contribution in [0.1, 0.15) is 26.3 Å². The smallest absolute Gasteiger partial charge is 0.236 e. The SMILES string of the molecule is CC(C)CNC(=O)C(C)NCc1ccccc1O. The summed E-state index contributed by atoms with van der Waals surface area (Å²) in [6.45, 7) is 7.08. The van der Waals surface area contributed by atoms with Gasteiger partial charge in [-0.1, -0.05) is 32.0 Å². The Morgan fingerprint density at radius 1 is 1.28 bits per heavy atom. The summed E-state index contributed by atoms with van der Waals surface area (Å²) in [4.78, 5) is 11.7. The third kappa shape index (κ3) is 4.75. The van der Waals surface area contributed by atoms with Crippen LogP contribution in [-0.4, -0.2) is 23.6 Å². The predicted molar refractivity (Wildman–Crippen MR) is 72.3 cm³/mol. The van der Waals surface area contributed by atoms with Crippen molar-refractivity contribution in [2.24, 2.45) is 5.92 Å². The fourth-order valence-electron chi connectivity index (χ4n) is 1.47. The van der Waals surface area contributed by atoms with Gasteiger partial charge in [-0.25, -0.2) is 0 Å². The fraction of sp³-hybridized carbons (Fsp3) is 0.500. The van der Waals surface area contributed by atoms with Gasteiger partial charge >= 0.3 is 0 Å². The summed E-state index contributed by atoms with van der Waals surface area (Å²) in [5, 5.41) is 15.6. The first-order valence-electron chi connectivity index (χ1n) is 6.28. The molecule has 4 heteroatoms. The molecule has 0 aliphatic carbocycles. The molecule has 18 heavy (non-hydrogen) atoms. The van der Waals surface area contributed by atoms with Crippen molar-refractivity contribution in [3.63, 3.8) is 0 Å². The maximum absolute atomic E-state index is 11.7. The summed E-state index contributed by atoms with van der Waals surface area (Å²) in [6, 6.07) is 6.84. The quantitative estimate of drug-likeness (QED) is 0.719. The van der Waals surface area contributed by atoms with Gasteiger partial charge in [0.05, 0.1) is 6.04 Å².